The molecule has 0 aliphatic heterocycles. The lowest BCUT2D eigenvalue weighted by Gasteiger charge is -1.88. The Morgan fingerprint density at radius 2 is 2.38 bits per heavy atom. The summed E-state index contributed by atoms with van der Waals surface area (Å²) in [5, 5.41) is 0. The van der Waals surface area contributed by atoms with Crippen LogP contribution in [0.25, 0.3) is 0 Å². The Morgan fingerprint density at radius 1 is 1.62 bits per heavy atom. The maximum absolute atomic E-state index is 2.27. The lowest BCUT2D eigenvalue weighted by atomic mass is 10.2. The molecule has 1 unspecified atom stereocenters. The molecule has 1 heteroatoms. The molecule has 1 atom stereocenters. The largest absolute Gasteiger partial charge is 0.130 e. The molecule has 0 radical (unpaired) electrons. The van der Waals surface area contributed by atoms with Gasteiger partial charge in [0.2, 0.25) is 0 Å². The highest BCUT2D eigenvalue weighted by molar-refractivity contribution is 8.02. The van der Waals surface area contributed by atoms with E-state index in [-0.39, 0.29) is 0 Å². The van der Waals surface area contributed by atoms with E-state index < -0.39 is 0 Å². The predicted molar refractivity (Wildman–Crippen MR) is 39.9 cm³/mol. The van der Waals surface area contributed by atoms with E-state index in [1.807, 2.05) is 11.8 Å². The van der Waals surface area contributed by atoms with E-state index in [0.29, 0.717) is 5.92 Å². The second kappa shape index (κ2) is 2.40. The quantitative estimate of drug-likeness (QED) is 0.520. The van der Waals surface area contributed by atoms with Crippen LogP contribution >= 0.6 is 11.8 Å². The average molecular weight is 126 g/mol. The van der Waals surface area contributed by atoms with Gasteiger partial charge in [-0.15, -0.1) is 11.8 Å². The Labute approximate surface area is 54.7 Å². The molecule has 0 spiro atoms. The summed E-state index contributed by atoms with van der Waals surface area (Å²) in [6.45, 7) is 2.19. The van der Waals surface area contributed by atoms with Crippen LogP contribution in [0.3, 0.4) is 0 Å². The topological polar surface area (TPSA) is 0 Å². The minimum absolute atomic E-state index is 0.664. The van der Waals surface area contributed by atoms with Crippen LogP contribution in [-0.2, 0) is 0 Å². The van der Waals surface area contributed by atoms with Gasteiger partial charge in [-0.2, -0.15) is 0 Å². The summed E-state index contributed by atoms with van der Waals surface area (Å²) in [5.41, 5.74) is 0. The fourth-order valence-electron chi connectivity index (χ4n) is 0.753. The highest BCUT2D eigenvalue weighted by Gasteiger charge is 2.00. The van der Waals surface area contributed by atoms with Gasteiger partial charge in [0.25, 0.3) is 0 Å². The first-order valence-electron chi connectivity index (χ1n) is 2.77. The smallest absolute Gasteiger partial charge is 0.00320 e. The van der Waals surface area contributed by atoms with E-state index >= 15 is 0 Å². The zero-order valence-corrected chi connectivity index (χ0v) is 6.03. The van der Waals surface area contributed by atoms with Gasteiger partial charge in [-0.05, 0) is 12.2 Å². The molecule has 0 saturated carbocycles. The van der Waals surface area contributed by atoms with Crippen LogP contribution in [0.5, 0.6) is 0 Å². The summed E-state index contributed by atoms with van der Waals surface area (Å²) in [7, 11) is 0. The van der Waals surface area contributed by atoms with Gasteiger partial charge in [0.1, 0.15) is 0 Å². The molecule has 0 heterocycles. The van der Waals surface area contributed by atoms with Gasteiger partial charge < -0.3 is 0 Å². The SMILES string of the molecule is CSC1=CC(C)C=C1. The van der Waals surface area contributed by atoms with Crippen molar-refractivity contribution in [2.75, 3.05) is 6.26 Å². The van der Waals surface area contributed by atoms with Gasteiger partial charge in [0, 0.05) is 4.91 Å². The Hall–Kier alpha value is -0.170. The second-order valence-electron chi connectivity index (χ2n) is 1.99. The fourth-order valence-corrected chi connectivity index (χ4v) is 1.32. The third kappa shape index (κ3) is 1.16. The van der Waals surface area contributed by atoms with Crippen LogP contribution in [0.15, 0.2) is 23.1 Å². The minimum atomic E-state index is 0.664. The number of allylic oxidation sites excluding steroid dienone is 3. The molecular formula is C7H10S. The van der Waals surface area contributed by atoms with Crippen molar-refractivity contribution in [3.05, 3.63) is 23.1 Å². The Kier molecular flexibility index (Phi) is 1.79. The van der Waals surface area contributed by atoms with E-state index in [1.54, 1.807) is 0 Å². The van der Waals surface area contributed by atoms with E-state index in [4.69, 9.17) is 0 Å². The summed E-state index contributed by atoms with van der Waals surface area (Å²) in [5.74, 6) is 0.664. The monoisotopic (exact) mass is 126 g/mol. The van der Waals surface area contributed by atoms with E-state index in [0.717, 1.165) is 0 Å². The molecule has 0 aromatic rings. The van der Waals surface area contributed by atoms with E-state index in [1.165, 1.54) is 4.91 Å². The minimum Gasteiger partial charge on any atom is -0.130 e. The molecule has 1 aliphatic carbocycles. The third-order valence-corrected chi connectivity index (χ3v) is 1.97. The fraction of sp³-hybridized carbons (Fsp3) is 0.429. The summed E-state index contributed by atoms with van der Waals surface area (Å²) in [6.07, 6.45) is 8.76. The van der Waals surface area contributed by atoms with Crippen molar-refractivity contribution in [3.63, 3.8) is 0 Å². The molecule has 8 heavy (non-hydrogen) atoms. The highest BCUT2D eigenvalue weighted by Crippen LogP contribution is 2.22. The summed E-state index contributed by atoms with van der Waals surface area (Å²) in [6, 6.07) is 0. The molecule has 0 amide bonds. The Morgan fingerprint density at radius 3 is 2.62 bits per heavy atom. The molecule has 0 fully saturated rings. The molecule has 1 rings (SSSR count). The van der Waals surface area contributed by atoms with Crippen LogP contribution in [0.1, 0.15) is 6.92 Å². The molecule has 0 N–H and O–H groups in total. The molecule has 0 saturated heterocycles. The van der Waals surface area contributed by atoms with Crippen molar-refractivity contribution in [2.45, 2.75) is 6.92 Å². The van der Waals surface area contributed by atoms with Crippen LogP contribution in [-0.4, -0.2) is 6.26 Å². The third-order valence-electron chi connectivity index (χ3n) is 1.23. The normalized spacial score (nSPS) is 26.2. The Balaban J connectivity index is 2.58. The lowest BCUT2D eigenvalue weighted by molar-refractivity contribution is 0.958. The summed E-state index contributed by atoms with van der Waals surface area (Å²) < 4.78 is 0. The molecule has 0 aromatic carbocycles. The van der Waals surface area contributed by atoms with Crippen molar-refractivity contribution in [2.24, 2.45) is 5.92 Å². The van der Waals surface area contributed by atoms with Crippen LogP contribution < -0.4 is 0 Å². The second-order valence-corrected chi connectivity index (χ2v) is 2.87. The molecule has 0 bridgehead atoms. The van der Waals surface area contributed by atoms with Crippen molar-refractivity contribution in [3.8, 4) is 0 Å². The lowest BCUT2D eigenvalue weighted by Crippen LogP contribution is -1.73. The van der Waals surface area contributed by atoms with Gasteiger partial charge in [-0.25, -0.2) is 0 Å². The maximum atomic E-state index is 2.27. The van der Waals surface area contributed by atoms with Gasteiger partial charge >= 0.3 is 0 Å². The van der Waals surface area contributed by atoms with Crippen LogP contribution in [0, 0.1) is 5.92 Å². The first kappa shape index (κ1) is 5.96. The van der Waals surface area contributed by atoms with E-state index in [2.05, 4.69) is 31.4 Å². The molecule has 0 nitrogen and oxygen atoms in total. The first-order chi connectivity index (χ1) is 3.83. The average Bonchev–Trinajstić information content (AvgIpc) is 2.14. The number of thioether (sulfide) groups is 1. The Bertz CT molecular complexity index is 133. The zero-order chi connectivity index (χ0) is 5.98. The predicted octanol–water partition coefficient (Wildman–Crippen LogP) is 2.44. The summed E-state index contributed by atoms with van der Waals surface area (Å²) >= 11 is 1.81. The van der Waals surface area contributed by atoms with Gasteiger partial charge in [0.05, 0.1) is 0 Å². The van der Waals surface area contributed by atoms with E-state index in [9.17, 15) is 0 Å². The number of hydrogen-bond acceptors (Lipinski definition) is 1. The summed E-state index contributed by atoms with van der Waals surface area (Å²) in [4.78, 5) is 1.40. The van der Waals surface area contributed by atoms with Gasteiger partial charge in [0.15, 0.2) is 0 Å². The molecular weight excluding hydrogens is 116 g/mol. The number of rotatable bonds is 1. The van der Waals surface area contributed by atoms with Gasteiger partial charge in [-0.3, -0.25) is 0 Å². The first-order valence-corrected chi connectivity index (χ1v) is 3.99. The molecule has 0 aromatic heterocycles. The van der Waals surface area contributed by atoms with Gasteiger partial charge in [-0.1, -0.05) is 25.2 Å². The van der Waals surface area contributed by atoms with Crippen LogP contribution in [0.2, 0.25) is 0 Å². The van der Waals surface area contributed by atoms with Crippen molar-refractivity contribution in [1.29, 1.82) is 0 Å². The van der Waals surface area contributed by atoms with Crippen molar-refractivity contribution >= 4 is 11.8 Å². The standard InChI is InChI=1S/C7H10S/c1-6-3-4-7(5-6)8-2/h3-6H,1-2H3. The maximum Gasteiger partial charge on any atom is 0.00320 e. The molecule has 44 valence electrons. The van der Waals surface area contributed by atoms with Crippen molar-refractivity contribution in [1.82, 2.24) is 0 Å². The van der Waals surface area contributed by atoms with Crippen molar-refractivity contribution < 1.29 is 0 Å². The molecule has 1 aliphatic rings. The number of hydrogen-bond donors (Lipinski definition) is 0. The van der Waals surface area contributed by atoms with Crippen LogP contribution in [0.4, 0.5) is 0 Å². The highest BCUT2D eigenvalue weighted by atomic mass is 32.2. The zero-order valence-electron chi connectivity index (χ0n) is 5.22.